The Hall–Kier alpha value is -1.43. The summed E-state index contributed by atoms with van der Waals surface area (Å²) < 4.78 is 0. The van der Waals surface area contributed by atoms with Crippen molar-refractivity contribution in [2.45, 2.75) is 12.5 Å². The van der Waals surface area contributed by atoms with Crippen molar-refractivity contribution in [3.63, 3.8) is 0 Å². The number of anilines is 1. The molecule has 2 fully saturated rings. The van der Waals surface area contributed by atoms with Crippen molar-refractivity contribution in [2.75, 3.05) is 38.1 Å². The topological polar surface area (TPSA) is 43.9 Å². The number of carbonyl (C=O) groups excluding carboxylic acids is 2. The Morgan fingerprint density at radius 3 is 2.43 bits per heavy atom. The van der Waals surface area contributed by atoms with E-state index >= 15 is 0 Å². The van der Waals surface area contributed by atoms with Gasteiger partial charge in [-0.3, -0.25) is 14.5 Å². The molecule has 0 N–H and O–H groups in total. The molecule has 2 amide bonds. The highest BCUT2D eigenvalue weighted by molar-refractivity contribution is 6.36. The molecule has 2 aliphatic rings. The quantitative estimate of drug-likeness (QED) is 0.771. The van der Waals surface area contributed by atoms with E-state index in [0.717, 1.165) is 26.2 Å². The molecule has 2 heterocycles. The van der Waals surface area contributed by atoms with Crippen molar-refractivity contribution in [3.8, 4) is 0 Å². The Balaban J connectivity index is 1.81. The summed E-state index contributed by atoms with van der Waals surface area (Å²) in [5, 5.41) is 0.429. The number of rotatable bonds is 2. The van der Waals surface area contributed by atoms with E-state index in [2.05, 4.69) is 16.8 Å². The molecule has 0 unspecified atom stereocenters. The largest absolute Gasteiger partial charge is 0.304 e. The molecule has 0 aliphatic carbocycles. The summed E-state index contributed by atoms with van der Waals surface area (Å²) in [6.45, 7) is 3.47. The Kier molecular flexibility index (Phi) is 3.97. The summed E-state index contributed by atoms with van der Waals surface area (Å²) in [5.74, 6) is -0.324. The van der Waals surface area contributed by atoms with E-state index in [1.807, 2.05) is 0 Å². The van der Waals surface area contributed by atoms with Gasteiger partial charge in [-0.25, -0.2) is 4.90 Å². The molecule has 0 spiro atoms. The zero-order valence-electron chi connectivity index (χ0n) is 12.0. The second-order valence-electron chi connectivity index (χ2n) is 5.58. The van der Waals surface area contributed by atoms with Crippen LogP contribution in [0.3, 0.4) is 0 Å². The van der Waals surface area contributed by atoms with Crippen molar-refractivity contribution in [3.05, 3.63) is 29.3 Å². The molecule has 1 aromatic carbocycles. The van der Waals surface area contributed by atoms with Crippen LogP contribution in [0.15, 0.2) is 24.3 Å². The van der Waals surface area contributed by atoms with Gasteiger partial charge in [-0.15, -0.1) is 0 Å². The number of carbonyl (C=O) groups is 2. The summed E-state index contributed by atoms with van der Waals surface area (Å²) in [7, 11) is 2.06. The van der Waals surface area contributed by atoms with Crippen LogP contribution in [0, 0.1) is 0 Å². The van der Waals surface area contributed by atoms with Gasteiger partial charge in [0.2, 0.25) is 5.91 Å². The normalized spacial score (nSPS) is 24.9. The van der Waals surface area contributed by atoms with Gasteiger partial charge in [-0.05, 0) is 19.2 Å². The number of hydrogen-bond acceptors (Lipinski definition) is 4. The third-order valence-corrected chi connectivity index (χ3v) is 4.51. The zero-order valence-corrected chi connectivity index (χ0v) is 12.7. The predicted molar refractivity (Wildman–Crippen MR) is 81.4 cm³/mol. The van der Waals surface area contributed by atoms with E-state index in [0.29, 0.717) is 10.7 Å². The average molecular weight is 308 g/mol. The molecular weight excluding hydrogens is 290 g/mol. The molecule has 6 heteroatoms. The molecular formula is C15H18ClN3O2. The number of para-hydroxylation sites is 1. The SMILES string of the molecule is CN1CCN([C@@H]2CC(=O)N(c3ccccc3Cl)C2=O)CC1. The summed E-state index contributed by atoms with van der Waals surface area (Å²) >= 11 is 6.12. The van der Waals surface area contributed by atoms with Gasteiger partial charge in [0, 0.05) is 26.2 Å². The zero-order chi connectivity index (χ0) is 15.0. The summed E-state index contributed by atoms with van der Waals surface area (Å²) in [6.07, 6.45) is 0.244. The molecule has 0 radical (unpaired) electrons. The van der Waals surface area contributed by atoms with Crippen molar-refractivity contribution in [1.82, 2.24) is 9.80 Å². The van der Waals surface area contributed by atoms with Gasteiger partial charge < -0.3 is 4.90 Å². The molecule has 2 aliphatic heterocycles. The number of halogens is 1. The molecule has 1 atom stereocenters. The predicted octanol–water partition coefficient (Wildman–Crippen LogP) is 1.22. The fraction of sp³-hybridized carbons (Fsp3) is 0.467. The van der Waals surface area contributed by atoms with E-state index in [-0.39, 0.29) is 24.3 Å². The van der Waals surface area contributed by atoms with E-state index in [9.17, 15) is 9.59 Å². The Morgan fingerprint density at radius 1 is 1.10 bits per heavy atom. The minimum absolute atomic E-state index is 0.155. The Labute approximate surface area is 129 Å². The van der Waals surface area contributed by atoms with Gasteiger partial charge in [-0.1, -0.05) is 23.7 Å². The standard InChI is InChI=1S/C15H18ClN3O2/c1-17-6-8-18(9-7-17)13-10-14(20)19(15(13)21)12-5-3-2-4-11(12)16/h2-5,13H,6-10H2,1H3/t13-/m1/s1. The third-order valence-electron chi connectivity index (χ3n) is 4.19. The van der Waals surface area contributed by atoms with Crippen LogP contribution in [-0.2, 0) is 9.59 Å². The third kappa shape index (κ3) is 2.69. The van der Waals surface area contributed by atoms with E-state index in [1.165, 1.54) is 4.90 Å². The highest BCUT2D eigenvalue weighted by Crippen LogP contribution is 2.31. The first-order valence-corrected chi connectivity index (χ1v) is 7.49. The van der Waals surface area contributed by atoms with Crippen LogP contribution in [-0.4, -0.2) is 60.9 Å². The second-order valence-corrected chi connectivity index (χ2v) is 5.99. The molecule has 21 heavy (non-hydrogen) atoms. The van der Waals surface area contributed by atoms with Crippen molar-refractivity contribution in [1.29, 1.82) is 0 Å². The summed E-state index contributed by atoms with van der Waals surface area (Å²) in [6, 6.07) is 6.63. The van der Waals surface area contributed by atoms with Crippen LogP contribution < -0.4 is 4.90 Å². The lowest BCUT2D eigenvalue weighted by Gasteiger charge is -2.35. The molecule has 2 saturated heterocycles. The van der Waals surface area contributed by atoms with Crippen LogP contribution in [0.1, 0.15) is 6.42 Å². The summed E-state index contributed by atoms with van der Waals surface area (Å²) in [5.41, 5.74) is 0.491. The Bertz CT molecular complexity index is 570. The first-order valence-electron chi connectivity index (χ1n) is 7.12. The number of amides is 2. The second kappa shape index (κ2) is 5.75. The smallest absolute Gasteiger partial charge is 0.251 e. The lowest BCUT2D eigenvalue weighted by atomic mass is 10.2. The lowest BCUT2D eigenvalue weighted by Crippen LogP contribution is -2.51. The number of likely N-dealkylation sites (N-methyl/N-ethyl adjacent to an activating group) is 1. The maximum Gasteiger partial charge on any atom is 0.251 e. The van der Waals surface area contributed by atoms with Crippen LogP contribution in [0.4, 0.5) is 5.69 Å². The molecule has 0 saturated carbocycles. The maximum atomic E-state index is 12.6. The van der Waals surface area contributed by atoms with Gasteiger partial charge in [0.05, 0.1) is 23.2 Å². The van der Waals surface area contributed by atoms with Crippen molar-refractivity contribution < 1.29 is 9.59 Å². The van der Waals surface area contributed by atoms with Gasteiger partial charge >= 0.3 is 0 Å². The van der Waals surface area contributed by atoms with Gasteiger partial charge in [-0.2, -0.15) is 0 Å². The van der Waals surface area contributed by atoms with Crippen LogP contribution in [0.5, 0.6) is 0 Å². The first-order chi connectivity index (χ1) is 10.1. The number of imide groups is 1. The first kappa shape index (κ1) is 14.5. The van der Waals surface area contributed by atoms with Gasteiger partial charge in [0.25, 0.3) is 5.91 Å². The molecule has 5 nitrogen and oxygen atoms in total. The fourth-order valence-electron chi connectivity index (χ4n) is 2.92. The van der Waals surface area contributed by atoms with Crippen molar-refractivity contribution in [2.24, 2.45) is 0 Å². The number of nitrogens with zero attached hydrogens (tertiary/aromatic N) is 3. The monoisotopic (exact) mass is 307 g/mol. The van der Waals surface area contributed by atoms with E-state index in [1.54, 1.807) is 24.3 Å². The fourth-order valence-corrected chi connectivity index (χ4v) is 3.14. The number of piperazine rings is 1. The van der Waals surface area contributed by atoms with Gasteiger partial charge in [0.15, 0.2) is 0 Å². The van der Waals surface area contributed by atoms with E-state index in [4.69, 9.17) is 11.6 Å². The molecule has 1 aromatic rings. The number of benzene rings is 1. The van der Waals surface area contributed by atoms with Gasteiger partial charge in [0.1, 0.15) is 0 Å². The number of hydrogen-bond donors (Lipinski definition) is 0. The van der Waals surface area contributed by atoms with Crippen LogP contribution in [0.25, 0.3) is 0 Å². The Morgan fingerprint density at radius 2 is 1.76 bits per heavy atom. The minimum Gasteiger partial charge on any atom is -0.304 e. The lowest BCUT2D eigenvalue weighted by molar-refractivity contribution is -0.123. The average Bonchev–Trinajstić information content (AvgIpc) is 2.76. The van der Waals surface area contributed by atoms with Crippen LogP contribution in [0.2, 0.25) is 5.02 Å². The summed E-state index contributed by atoms with van der Waals surface area (Å²) in [4.78, 5) is 30.5. The molecule has 112 valence electrons. The van der Waals surface area contributed by atoms with Crippen molar-refractivity contribution >= 4 is 29.1 Å². The molecule has 0 aromatic heterocycles. The minimum atomic E-state index is -0.345. The highest BCUT2D eigenvalue weighted by Gasteiger charge is 2.43. The van der Waals surface area contributed by atoms with Crippen LogP contribution >= 0.6 is 11.6 Å². The molecule has 0 bridgehead atoms. The molecule has 3 rings (SSSR count). The maximum absolute atomic E-state index is 12.6. The highest BCUT2D eigenvalue weighted by atomic mass is 35.5. The van der Waals surface area contributed by atoms with E-state index < -0.39 is 0 Å².